The monoisotopic (exact) mass is 437 g/mol. The Hall–Kier alpha value is -1.97. The lowest BCUT2D eigenvalue weighted by Crippen LogP contribution is -2.54. The fourth-order valence-electron chi connectivity index (χ4n) is 4.34. The lowest BCUT2D eigenvalue weighted by atomic mass is 9.86. The molecule has 0 aromatic heterocycles. The van der Waals surface area contributed by atoms with Gasteiger partial charge in [-0.1, -0.05) is 19.9 Å². The summed E-state index contributed by atoms with van der Waals surface area (Å²) in [5, 5.41) is 2.66. The zero-order valence-electron chi connectivity index (χ0n) is 17.7. The van der Waals surface area contributed by atoms with Gasteiger partial charge in [0.15, 0.2) is 0 Å². The Balaban J connectivity index is 1.64. The quantitative estimate of drug-likeness (QED) is 0.697. The number of benzene rings is 1. The van der Waals surface area contributed by atoms with Crippen molar-refractivity contribution in [3.8, 4) is 0 Å². The van der Waals surface area contributed by atoms with Gasteiger partial charge in [-0.25, -0.2) is 8.42 Å². The molecule has 0 saturated carbocycles. The smallest absolute Gasteiger partial charge is 0.251 e. The van der Waals surface area contributed by atoms with Crippen LogP contribution >= 0.6 is 0 Å². The molecule has 0 aliphatic carbocycles. The van der Waals surface area contributed by atoms with Crippen LogP contribution in [0.25, 0.3) is 0 Å². The third-order valence-electron chi connectivity index (χ3n) is 5.97. The molecular weight excluding hydrogens is 406 g/mol. The van der Waals surface area contributed by atoms with Gasteiger partial charge in [-0.2, -0.15) is 4.31 Å². The van der Waals surface area contributed by atoms with Gasteiger partial charge >= 0.3 is 0 Å². The number of carbonyl (C=O) groups is 2. The highest BCUT2D eigenvalue weighted by molar-refractivity contribution is 7.89. The molecule has 2 heterocycles. The van der Waals surface area contributed by atoms with Crippen LogP contribution < -0.4 is 5.32 Å². The fourth-order valence-corrected chi connectivity index (χ4v) is 5.85. The van der Waals surface area contributed by atoms with Gasteiger partial charge in [0, 0.05) is 43.8 Å². The first-order chi connectivity index (χ1) is 14.4. The lowest BCUT2D eigenvalue weighted by molar-refractivity contribution is -0.139. The van der Waals surface area contributed by atoms with Crippen molar-refractivity contribution in [2.75, 3.05) is 39.4 Å². The minimum absolute atomic E-state index is 0.0752. The maximum absolute atomic E-state index is 12.7. The molecule has 1 aromatic rings. The number of likely N-dealkylation sites (tertiary alicyclic amines) is 1. The van der Waals surface area contributed by atoms with Gasteiger partial charge < -0.3 is 15.0 Å². The van der Waals surface area contributed by atoms with E-state index >= 15 is 0 Å². The van der Waals surface area contributed by atoms with E-state index < -0.39 is 15.9 Å². The molecule has 3 rings (SSSR count). The summed E-state index contributed by atoms with van der Waals surface area (Å²) in [7, 11) is -3.65. The van der Waals surface area contributed by atoms with Gasteiger partial charge in [-0.05, 0) is 37.5 Å². The van der Waals surface area contributed by atoms with Crippen LogP contribution in [0.1, 0.15) is 43.5 Å². The molecule has 0 unspecified atom stereocenters. The van der Waals surface area contributed by atoms with Crippen LogP contribution in [0.4, 0.5) is 0 Å². The molecule has 9 heteroatoms. The number of hydrogen-bond donors (Lipinski definition) is 1. The number of ether oxygens (including phenoxy) is 1. The molecule has 2 saturated heterocycles. The van der Waals surface area contributed by atoms with Gasteiger partial charge in [-0.15, -0.1) is 0 Å². The summed E-state index contributed by atoms with van der Waals surface area (Å²) in [5.41, 5.74) is 0.221. The normalized spacial score (nSPS) is 21.9. The van der Waals surface area contributed by atoms with Gasteiger partial charge in [0.1, 0.15) is 0 Å². The van der Waals surface area contributed by atoms with Crippen LogP contribution in [0.3, 0.4) is 0 Å². The predicted molar refractivity (Wildman–Crippen MR) is 113 cm³/mol. The van der Waals surface area contributed by atoms with E-state index in [4.69, 9.17) is 4.74 Å². The number of fused-ring (bicyclic) bond motifs is 1. The molecule has 2 fully saturated rings. The SMILES string of the molecule is CCN(CC)S(=O)(=O)c1cccc(C(=O)NCC(=O)N2CCC[C@@H]3COCC[C@@H]32)c1. The minimum Gasteiger partial charge on any atom is -0.381 e. The Morgan fingerprint density at radius 3 is 2.73 bits per heavy atom. The Kier molecular flexibility index (Phi) is 7.49. The van der Waals surface area contributed by atoms with E-state index in [2.05, 4.69) is 5.32 Å². The first kappa shape index (κ1) is 22.7. The molecule has 8 nitrogen and oxygen atoms in total. The molecule has 1 aromatic carbocycles. The summed E-state index contributed by atoms with van der Waals surface area (Å²) in [5.74, 6) is -0.193. The zero-order chi connectivity index (χ0) is 21.7. The Labute approximate surface area is 178 Å². The van der Waals surface area contributed by atoms with Crippen molar-refractivity contribution in [3.05, 3.63) is 29.8 Å². The predicted octanol–water partition coefficient (Wildman–Crippen LogP) is 1.47. The third kappa shape index (κ3) is 4.84. The molecule has 166 valence electrons. The first-order valence-electron chi connectivity index (χ1n) is 10.6. The molecule has 0 radical (unpaired) electrons. The number of rotatable bonds is 7. The largest absolute Gasteiger partial charge is 0.381 e. The molecule has 2 atom stereocenters. The van der Waals surface area contributed by atoms with Gasteiger partial charge in [-0.3, -0.25) is 9.59 Å². The van der Waals surface area contributed by atoms with Crippen molar-refractivity contribution in [2.24, 2.45) is 5.92 Å². The number of nitrogens with zero attached hydrogens (tertiary/aromatic N) is 2. The maximum Gasteiger partial charge on any atom is 0.251 e. The summed E-state index contributed by atoms with van der Waals surface area (Å²) >= 11 is 0. The number of piperidine rings is 1. The van der Waals surface area contributed by atoms with Crippen LogP contribution in [0.5, 0.6) is 0 Å². The van der Waals surface area contributed by atoms with Crippen molar-refractivity contribution in [1.82, 2.24) is 14.5 Å². The summed E-state index contributed by atoms with van der Waals surface area (Å²) in [4.78, 5) is 27.3. The van der Waals surface area contributed by atoms with Gasteiger partial charge in [0.2, 0.25) is 15.9 Å². The van der Waals surface area contributed by atoms with E-state index in [1.54, 1.807) is 26.0 Å². The molecular formula is C21H31N3O5S. The summed E-state index contributed by atoms with van der Waals surface area (Å²) < 4.78 is 32.3. The van der Waals surface area contributed by atoms with Crippen LogP contribution in [-0.4, -0.2) is 74.9 Å². The van der Waals surface area contributed by atoms with Crippen LogP contribution in [0, 0.1) is 5.92 Å². The number of hydrogen-bond acceptors (Lipinski definition) is 5. The fraction of sp³-hybridized carbons (Fsp3) is 0.619. The molecule has 2 aliphatic heterocycles. The first-order valence-corrected chi connectivity index (χ1v) is 12.1. The van der Waals surface area contributed by atoms with E-state index in [1.165, 1.54) is 16.4 Å². The standard InChI is InChI=1S/C21H31N3O5S/c1-3-23(4-2)30(27,28)18-9-5-7-16(13-18)21(26)22-14-20(25)24-11-6-8-17-15-29-12-10-19(17)24/h5,7,9,13,17,19H,3-4,6,8,10-12,14-15H2,1-2H3,(H,22,26)/t17-,19+/m1/s1. The maximum atomic E-state index is 12.7. The second-order valence-corrected chi connectivity index (χ2v) is 9.66. The van der Waals surface area contributed by atoms with E-state index in [-0.39, 0.29) is 29.0 Å². The average Bonchev–Trinajstić information content (AvgIpc) is 2.77. The molecule has 0 spiro atoms. The molecule has 2 amide bonds. The summed E-state index contributed by atoms with van der Waals surface area (Å²) in [6.07, 6.45) is 2.83. The second kappa shape index (κ2) is 9.89. The summed E-state index contributed by atoms with van der Waals surface area (Å²) in [6, 6.07) is 6.12. The molecule has 2 aliphatic rings. The number of carbonyl (C=O) groups excluding carboxylic acids is 2. The van der Waals surface area contributed by atoms with E-state index in [0.717, 1.165) is 19.3 Å². The van der Waals surface area contributed by atoms with Gasteiger partial charge in [0.25, 0.3) is 5.91 Å². The molecule has 1 N–H and O–H groups in total. The zero-order valence-corrected chi connectivity index (χ0v) is 18.5. The number of amides is 2. The molecule has 30 heavy (non-hydrogen) atoms. The van der Waals surface area contributed by atoms with Crippen molar-refractivity contribution >= 4 is 21.8 Å². The Morgan fingerprint density at radius 2 is 2.00 bits per heavy atom. The second-order valence-electron chi connectivity index (χ2n) is 7.72. The minimum atomic E-state index is -3.65. The summed E-state index contributed by atoms with van der Waals surface area (Å²) in [6.45, 7) is 6.20. The van der Waals surface area contributed by atoms with E-state index in [1.807, 2.05) is 4.90 Å². The average molecular weight is 438 g/mol. The van der Waals surface area contributed by atoms with Crippen molar-refractivity contribution in [2.45, 2.75) is 44.0 Å². The number of sulfonamides is 1. The van der Waals surface area contributed by atoms with Crippen LogP contribution in [-0.2, 0) is 19.6 Å². The third-order valence-corrected chi connectivity index (χ3v) is 8.01. The van der Waals surface area contributed by atoms with Crippen molar-refractivity contribution in [1.29, 1.82) is 0 Å². The van der Waals surface area contributed by atoms with E-state index in [9.17, 15) is 18.0 Å². The van der Waals surface area contributed by atoms with Crippen molar-refractivity contribution in [3.63, 3.8) is 0 Å². The van der Waals surface area contributed by atoms with Crippen LogP contribution in [0.15, 0.2) is 29.2 Å². The highest BCUT2D eigenvalue weighted by Gasteiger charge is 2.36. The number of nitrogens with one attached hydrogen (secondary N) is 1. The Morgan fingerprint density at radius 1 is 1.23 bits per heavy atom. The molecule has 0 bridgehead atoms. The van der Waals surface area contributed by atoms with Crippen LogP contribution in [0.2, 0.25) is 0 Å². The van der Waals surface area contributed by atoms with Crippen molar-refractivity contribution < 1.29 is 22.7 Å². The topological polar surface area (TPSA) is 96.0 Å². The lowest BCUT2D eigenvalue weighted by Gasteiger charge is -2.43. The van der Waals surface area contributed by atoms with Gasteiger partial charge in [0.05, 0.1) is 18.0 Å². The highest BCUT2D eigenvalue weighted by Crippen LogP contribution is 2.29. The Bertz CT molecular complexity index is 867. The highest BCUT2D eigenvalue weighted by atomic mass is 32.2. The van der Waals surface area contributed by atoms with E-state index in [0.29, 0.717) is 38.8 Å².